The highest BCUT2D eigenvalue weighted by atomic mass is 32.2. The van der Waals surface area contributed by atoms with Crippen LogP contribution in [0.4, 0.5) is 5.69 Å². The lowest BCUT2D eigenvalue weighted by Crippen LogP contribution is -2.33. The van der Waals surface area contributed by atoms with Crippen LogP contribution < -0.4 is 15.5 Å². The molecular formula is C28H30N4O2S. The lowest BCUT2D eigenvalue weighted by atomic mass is 9.97. The first-order valence-electron chi connectivity index (χ1n) is 11.7. The molecule has 0 atom stereocenters. The molecule has 0 bridgehead atoms. The molecule has 1 heterocycles. The van der Waals surface area contributed by atoms with Crippen LogP contribution in [0, 0.1) is 5.41 Å². The Morgan fingerprint density at radius 3 is 2.54 bits per heavy atom. The van der Waals surface area contributed by atoms with Gasteiger partial charge >= 0.3 is 0 Å². The molecule has 3 aromatic carbocycles. The Morgan fingerprint density at radius 1 is 1.09 bits per heavy atom. The van der Waals surface area contributed by atoms with E-state index in [1.165, 1.54) is 6.21 Å². The minimum Gasteiger partial charge on any atom is -0.387 e. The quantitative estimate of drug-likeness (QED) is 0.246. The fraction of sp³-hybridized carbons (Fsp3) is 0.214. The van der Waals surface area contributed by atoms with Crippen molar-refractivity contribution in [2.45, 2.75) is 24.3 Å². The van der Waals surface area contributed by atoms with Gasteiger partial charge in [0.2, 0.25) is 0 Å². The number of fused-ring (bicyclic) bond motifs is 1. The first-order valence-corrected chi connectivity index (χ1v) is 12.4. The molecule has 180 valence electrons. The molecule has 0 aliphatic carbocycles. The second-order valence-electron chi connectivity index (χ2n) is 8.45. The monoisotopic (exact) mass is 486 g/mol. The van der Waals surface area contributed by atoms with Crippen molar-refractivity contribution in [1.29, 1.82) is 5.41 Å². The van der Waals surface area contributed by atoms with Gasteiger partial charge in [-0.1, -0.05) is 42.5 Å². The molecule has 0 radical (unpaired) electrons. The van der Waals surface area contributed by atoms with E-state index in [4.69, 9.17) is 9.96 Å². The van der Waals surface area contributed by atoms with Gasteiger partial charge in [0, 0.05) is 72.4 Å². The van der Waals surface area contributed by atoms with Gasteiger partial charge in [0.15, 0.2) is 0 Å². The molecule has 1 amide bonds. The minimum absolute atomic E-state index is 0.104. The number of benzene rings is 3. The van der Waals surface area contributed by atoms with Gasteiger partial charge < -0.3 is 25.5 Å². The Hall–Kier alpha value is -3.55. The summed E-state index contributed by atoms with van der Waals surface area (Å²) < 4.78 is 9.09. The average Bonchev–Trinajstić information content (AvgIpc) is 2.92. The predicted molar refractivity (Wildman–Crippen MR) is 144 cm³/mol. The Labute approximate surface area is 210 Å². The minimum atomic E-state index is -0.104. The number of amides is 1. The number of anilines is 1. The molecule has 0 spiro atoms. The number of hydrogen-bond donors (Lipinski definition) is 4. The van der Waals surface area contributed by atoms with Crippen molar-refractivity contribution in [1.82, 2.24) is 10.6 Å². The van der Waals surface area contributed by atoms with Crippen LogP contribution in [0.5, 0.6) is 0 Å². The second-order valence-corrected chi connectivity index (χ2v) is 9.10. The van der Waals surface area contributed by atoms with E-state index >= 15 is 0 Å². The number of carbonyl (C=O) groups excluding carboxylic acids is 1. The van der Waals surface area contributed by atoms with E-state index in [-0.39, 0.29) is 5.91 Å². The third-order valence-corrected chi connectivity index (χ3v) is 6.69. The summed E-state index contributed by atoms with van der Waals surface area (Å²) in [5, 5.41) is 14.3. The van der Waals surface area contributed by atoms with Gasteiger partial charge in [-0.15, -0.1) is 0 Å². The highest BCUT2D eigenvalue weighted by Crippen LogP contribution is 2.29. The fourth-order valence-electron chi connectivity index (χ4n) is 4.43. The lowest BCUT2D eigenvalue weighted by molar-refractivity contribution is 0.0951. The van der Waals surface area contributed by atoms with E-state index in [9.17, 15) is 4.79 Å². The zero-order valence-electron chi connectivity index (χ0n) is 19.8. The third kappa shape index (κ3) is 5.93. The summed E-state index contributed by atoms with van der Waals surface area (Å²) in [6.45, 7) is 1.96. The highest BCUT2D eigenvalue weighted by Gasteiger charge is 2.20. The number of aryl methyl sites for hydroxylation is 1. The molecule has 0 unspecified atom stereocenters. The van der Waals surface area contributed by atoms with Crippen LogP contribution in [0.2, 0.25) is 0 Å². The molecule has 1 aliphatic heterocycles. The zero-order valence-corrected chi connectivity index (χ0v) is 20.6. The summed E-state index contributed by atoms with van der Waals surface area (Å²) in [6, 6.07) is 23.4. The van der Waals surface area contributed by atoms with Gasteiger partial charge in [0.1, 0.15) is 0 Å². The summed E-state index contributed by atoms with van der Waals surface area (Å²) in [5.41, 5.74) is 6.83. The molecule has 7 heteroatoms. The Bertz CT molecular complexity index is 1210. The second kappa shape index (κ2) is 11.7. The predicted octanol–water partition coefficient (Wildman–Crippen LogP) is 5.21. The number of carbonyl (C=O) groups is 1. The Kier molecular flexibility index (Phi) is 8.23. The summed E-state index contributed by atoms with van der Waals surface area (Å²) in [4.78, 5) is 15.9. The van der Waals surface area contributed by atoms with Crippen LogP contribution in [-0.4, -0.2) is 36.8 Å². The largest absolute Gasteiger partial charge is 0.387 e. The lowest BCUT2D eigenvalue weighted by Gasteiger charge is -2.32. The summed E-state index contributed by atoms with van der Waals surface area (Å²) in [5.74, 6) is -0.104. The van der Waals surface area contributed by atoms with Gasteiger partial charge in [-0.25, -0.2) is 0 Å². The van der Waals surface area contributed by atoms with Crippen molar-refractivity contribution in [2.75, 3.05) is 25.0 Å². The molecular weight excluding hydrogens is 456 g/mol. The van der Waals surface area contributed by atoms with Crippen LogP contribution in [0.25, 0.3) is 5.70 Å². The summed E-state index contributed by atoms with van der Waals surface area (Å²) in [6.07, 6.45) is 3.36. The van der Waals surface area contributed by atoms with E-state index in [1.54, 1.807) is 0 Å². The van der Waals surface area contributed by atoms with Gasteiger partial charge in [-0.2, -0.15) is 0 Å². The molecule has 4 rings (SSSR count). The molecule has 0 saturated carbocycles. The fourth-order valence-corrected chi connectivity index (χ4v) is 4.69. The number of nitrogens with one attached hydrogen (secondary N) is 3. The van der Waals surface area contributed by atoms with Crippen molar-refractivity contribution in [2.24, 2.45) is 0 Å². The van der Waals surface area contributed by atoms with E-state index in [1.807, 2.05) is 79.8 Å². The number of rotatable bonds is 9. The maximum atomic E-state index is 12.8. The molecule has 0 aromatic heterocycles. The van der Waals surface area contributed by atoms with Crippen LogP contribution >= 0.6 is 12.0 Å². The maximum Gasteiger partial charge on any atom is 0.251 e. The standard InChI is InChI=1S/C28H30N4O2S/c1-30-27(21-6-3-2-4-7-21)24(17-29)19-32-15-5-8-22-16-23(11-14-26(22)32)28(33)31-18-20-9-12-25(35-34)13-10-20/h2-4,6-7,9-14,16-17,29-30,34H,5,8,15,18-19H2,1H3,(H,31,33)/b27-24+,29-17?. The number of hydrogen-bond acceptors (Lipinski definition) is 6. The van der Waals surface area contributed by atoms with Crippen molar-refractivity contribution < 1.29 is 9.35 Å². The summed E-state index contributed by atoms with van der Waals surface area (Å²) >= 11 is 0.708. The molecule has 4 N–H and O–H groups in total. The molecule has 0 saturated heterocycles. The van der Waals surface area contributed by atoms with Gasteiger partial charge in [-0.05, 0) is 59.9 Å². The van der Waals surface area contributed by atoms with Gasteiger partial charge in [0.25, 0.3) is 5.91 Å². The summed E-state index contributed by atoms with van der Waals surface area (Å²) in [7, 11) is 1.89. The smallest absolute Gasteiger partial charge is 0.251 e. The SMILES string of the molecule is CN/C(=C(\C=N)CN1CCCc2cc(C(=O)NCc3ccc(SO)cc3)ccc21)c1ccccc1. The topological polar surface area (TPSA) is 88.5 Å². The van der Waals surface area contributed by atoms with Gasteiger partial charge in [-0.3, -0.25) is 4.79 Å². The van der Waals surface area contributed by atoms with E-state index in [0.717, 1.165) is 57.9 Å². The Morgan fingerprint density at radius 2 is 1.86 bits per heavy atom. The van der Waals surface area contributed by atoms with Crippen LogP contribution in [-0.2, 0) is 13.0 Å². The normalized spacial score (nSPS) is 13.5. The first-order chi connectivity index (χ1) is 17.1. The van der Waals surface area contributed by atoms with E-state index < -0.39 is 0 Å². The van der Waals surface area contributed by atoms with Crippen molar-refractivity contribution in [3.8, 4) is 0 Å². The molecule has 6 nitrogen and oxygen atoms in total. The third-order valence-electron chi connectivity index (χ3n) is 6.21. The number of nitrogens with zero attached hydrogens (tertiary/aromatic N) is 1. The molecule has 1 aliphatic rings. The average molecular weight is 487 g/mol. The van der Waals surface area contributed by atoms with Crippen LogP contribution in [0.3, 0.4) is 0 Å². The van der Waals surface area contributed by atoms with E-state index in [2.05, 4.69) is 15.5 Å². The van der Waals surface area contributed by atoms with Crippen LogP contribution in [0.15, 0.2) is 83.3 Å². The van der Waals surface area contributed by atoms with Crippen molar-refractivity contribution in [3.05, 3.63) is 101 Å². The first kappa shape index (κ1) is 24.6. The maximum absolute atomic E-state index is 12.8. The van der Waals surface area contributed by atoms with Crippen molar-refractivity contribution >= 4 is 35.5 Å². The van der Waals surface area contributed by atoms with Crippen LogP contribution in [0.1, 0.15) is 33.5 Å². The van der Waals surface area contributed by atoms with Crippen molar-refractivity contribution in [3.63, 3.8) is 0 Å². The Balaban J connectivity index is 1.49. The molecule has 0 fully saturated rings. The van der Waals surface area contributed by atoms with E-state index in [0.29, 0.717) is 30.7 Å². The molecule has 35 heavy (non-hydrogen) atoms. The molecule has 3 aromatic rings. The van der Waals surface area contributed by atoms with Gasteiger partial charge in [0.05, 0.1) is 0 Å². The highest BCUT2D eigenvalue weighted by molar-refractivity contribution is 7.93. The zero-order chi connectivity index (χ0) is 24.6.